The normalized spacial score (nSPS) is 9.98. The molecule has 4 rings (SSSR count). The Morgan fingerprint density at radius 3 is 1.52 bits per heavy atom. The highest BCUT2D eigenvalue weighted by atomic mass is 35.5. The molecule has 18 heteroatoms. The van der Waals surface area contributed by atoms with Crippen molar-refractivity contribution in [1.82, 2.24) is 20.2 Å². The van der Waals surface area contributed by atoms with E-state index in [0.29, 0.717) is 47.4 Å². The average Bonchev–Trinajstić information content (AvgIpc) is 3.32. The SMILES string of the molecule is O=C(Cl)COc1ccc(Cl)cc1Cl.O=C(O)COc1ccc(Cl)cc1Cl.O=c1[nH]nnn1COc1ccc(Cl)cc1Cl. The van der Waals surface area contributed by atoms with Crippen molar-refractivity contribution in [3.05, 3.63) is 95.2 Å². The quantitative estimate of drug-likeness (QED) is 0.176. The van der Waals surface area contributed by atoms with Crippen LogP contribution in [0.25, 0.3) is 0 Å². The summed E-state index contributed by atoms with van der Waals surface area (Å²) >= 11 is 39.4. The Bertz CT molecular complexity index is 1500. The fraction of sp³-hybridized carbons (Fsp3) is 0.125. The van der Waals surface area contributed by atoms with E-state index in [1.54, 1.807) is 36.4 Å². The van der Waals surface area contributed by atoms with E-state index in [2.05, 4.69) is 15.5 Å². The first-order valence-electron chi connectivity index (χ1n) is 11.0. The first kappa shape index (κ1) is 35.3. The Hall–Kier alpha value is -2.90. The zero-order chi connectivity index (χ0) is 31.2. The van der Waals surface area contributed by atoms with Crippen molar-refractivity contribution in [2.24, 2.45) is 0 Å². The zero-order valence-electron chi connectivity index (χ0n) is 20.7. The highest BCUT2D eigenvalue weighted by Crippen LogP contribution is 2.29. The van der Waals surface area contributed by atoms with Crippen molar-refractivity contribution >= 4 is 92.4 Å². The molecule has 0 unspecified atom stereocenters. The number of aromatic amines is 1. The molecule has 1 heterocycles. The van der Waals surface area contributed by atoms with Gasteiger partial charge in [-0.25, -0.2) is 14.7 Å². The van der Waals surface area contributed by atoms with Gasteiger partial charge in [-0.15, -0.1) is 0 Å². The monoisotopic (exact) mass is 718 g/mol. The Morgan fingerprint density at radius 1 is 0.738 bits per heavy atom. The summed E-state index contributed by atoms with van der Waals surface area (Å²) in [5.74, 6) is 0.0699. The van der Waals surface area contributed by atoms with Gasteiger partial charge in [0, 0.05) is 15.1 Å². The van der Waals surface area contributed by atoms with Crippen LogP contribution in [-0.2, 0) is 16.3 Å². The Morgan fingerprint density at radius 2 is 1.17 bits per heavy atom. The molecular weight excluding hydrogens is 704 g/mol. The third-order valence-corrected chi connectivity index (χ3v) is 5.95. The highest BCUT2D eigenvalue weighted by molar-refractivity contribution is 6.64. The first-order chi connectivity index (χ1) is 19.8. The number of ether oxygens (including phenoxy) is 3. The molecule has 0 atom stereocenters. The summed E-state index contributed by atoms with van der Waals surface area (Å²) in [5.41, 5.74) is -0.454. The van der Waals surface area contributed by atoms with Crippen LogP contribution in [0.3, 0.4) is 0 Å². The molecule has 2 N–H and O–H groups in total. The van der Waals surface area contributed by atoms with Crippen molar-refractivity contribution in [1.29, 1.82) is 0 Å². The summed E-state index contributed by atoms with van der Waals surface area (Å²) in [6, 6.07) is 14.1. The fourth-order valence-electron chi connectivity index (χ4n) is 2.48. The van der Waals surface area contributed by atoms with Crippen LogP contribution in [0.5, 0.6) is 17.2 Å². The number of carboxylic acid groups (broad SMARTS) is 1. The molecule has 1 aromatic heterocycles. The topological polar surface area (TPSA) is 146 Å². The molecule has 0 bridgehead atoms. The Kier molecular flexibility index (Phi) is 15.1. The number of nitrogens with one attached hydrogen (secondary N) is 1. The number of H-pyrrole nitrogens is 1. The van der Waals surface area contributed by atoms with Crippen LogP contribution in [-0.4, -0.2) is 49.7 Å². The van der Waals surface area contributed by atoms with E-state index in [1.807, 2.05) is 0 Å². The molecule has 0 spiro atoms. The zero-order valence-corrected chi connectivity index (χ0v) is 26.0. The Labute approximate surface area is 272 Å². The van der Waals surface area contributed by atoms with Crippen molar-refractivity contribution in [3.63, 3.8) is 0 Å². The lowest BCUT2D eigenvalue weighted by molar-refractivity contribution is -0.139. The van der Waals surface area contributed by atoms with E-state index in [1.165, 1.54) is 18.2 Å². The third kappa shape index (κ3) is 13.0. The minimum absolute atomic E-state index is 0.0727. The van der Waals surface area contributed by atoms with Gasteiger partial charge in [0.15, 0.2) is 19.9 Å². The maximum Gasteiger partial charge on any atom is 0.364 e. The maximum absolute atomic E-state index is 11.0. The van der Waals surface area contributed by atoms with E-state index >= 15 is 0 Å². The van der Waals surface area contributed by atoms with Gasteiger partial charge in [-0.2, -0.15) is 4.68 Å². The molecule has 0 radical (unpaired) electrons. The number of carbonyl (C=O) groups is 2. The molecule has 224 valence electrons. The number of carboxylic acids is 1. The number of carbonyl (C=O) groups excluding carboxylic acids is 1. The molecule has 0 aliphatic heterocycles. The molecule has 4 aromatic rings. The van der Waals surface area contributed by atoms with E-state index in [-0.39, 0.29) is 13.3 Å². The number of tetrazole rings is 1. The lowest BCUT2D eigenvalue weighted by Crippen LogP contribution is -2.21. The summed E-state index contributed by atoms with van der Waals surface area (Å²) in [6.45, 7) is -0.694. The smallest absolute Gasteiger partial charge is 0.364 e. The van der Waals surface area contributed by atoms with Gasteiger partial charge in [0.2, 0.25) is 0 Å². The molecule has 0 amide bonds. The summed E-state index contributed by atoms with van der Waals surface area (Å²) in [6.07, 6.45) is 0. The minimum Gasteiger partial charge on any atom is -0.483 e. The number of nitrogens with zero attached hydrogens (tertiary/aromatic N) is 3. The van der Waals surface area contributed by atoms with Crippen LogP contribution in [0, 0.1) is 0 Å². The number of halogens is 7. The number of aliphatic carboxylic acids is 1. The largest absolute Gasteiger partial charge is 0.483 e. The maximum atomic E-state index is 11.0. The van der Waals surface area contributed by atoms with E-state index < -0.39 is 23.5 Å². The molecule has 0 aliphatic rings. The molecule has 0 fully saturated rings. The minimum atomic E-state index is -1.05. The molecule has 3 aromatic carbocycles. The molecule has 42 heavy (non-hydrogen) atoms. The average molecular weight is 722 g/mol. The van der Waals surface area contributed by atoms with Gasteiger partial charge in [0.25, 0.3) is 5.24 Å². The fourth-order valence-corrected chi connectivity index (χ4v) is 3.93. The highest BCUT2D eigenvalue weighted by Gasteiger charge is 2.06. The van der Waals surface area contributed by atoms with E-state index in [9.17, 15) is 14.4 Å². The number of benzene rings is 3. The predicted molar refractivity (Wildman–Crippen MR) is 160 cm³/mol. The van der Waals surface area contributed by atoms with E-state index in [4.69, 9.17) is 101 Å². The summed E-state index contributed by atoms with van der Waals surface area (Å²) in [7, 11) is 0. The van der Waals surface area contributed by atoms with Crippen LogP contribution in [0.4, 0.5) is 0 Å². The van der Waals surface area contributed by atoms with Crippen LogP contribution >= 0.6 is 81.2 Å². The van der Waals surface area contributed by atoms with Gasteiger partial charge in [0.05, 0.1) is 15.1 Å². The number of aromatic nitrogens is 4. The van der Waals surface area contributed by atoms with Crippen LogP contribution in [0.15, 0.2) is 59.4 Å². The molecule has 0 aliphatic carbocycles. The van der Waals surface area contributed by atoms with Crippen LogP contribution < -0.4 is 19.9 Å². The van der Waals surface area contributed by atoms with Gasteiger partial charge in [-0.3, -0.25) is 4.79 Å². The second-order valence-electron chi connectivity index (χ2n) is 7.33. The molecule has 11 nitrogen and oxygen atoms in total. The molecule has 0 saturated heterocycles. The van der Waals surface area contributed by atoms with Gasteiger partial charge in [0.1, 0.15) is 17.2 Å². The van der Waals surface area contributed by atoms with Crippen LogP contribution in [0.1, 0.15) is 0 Å². The van der Waals surface area contributed by atoms with Crippen LogP contribution in [0.2, 0.25) is 30.1 Å². The van der Waals surface area contributed by atoms with Crippen molar-refractivity contribution in [2.45, 2.75) is 6.73 Å². The van der Waals surface area contributed by atoms with Gasteiger partial charge >= 0.3 is 11.7 Å². The summed E-state index contributed by atoms with van der Waals surface area (Å²) in [5, 5.41) is 19.2. The second-order valence-corrected chi connectivity index (χ2v) is 10.3. The lowest BCUT2D eigenvalue weighted by Gasteiger charge is -2.06. The Balaban J connectivity index is 0.000000222. The second kappa shape index (κ2) is 17.9. The van der Waals surface area contributed by atoms with E-state index in [0.717, 1.165) is 4.68 Å². The van der Waals surface area contributed by atoms with Crippen molar-refractivity contribution in [3.8, 4) is 17.2 Å². The summed E-state index contributed by atoms with van der Waals surface area (Å²) in [4.78, 5) is 31.6. The summed E-state index contributed by atoms with van der Waals surface area (Å²) < 4.78 is 16.1. The number of hydrogen-bond acceptors (Lipinski definition) is 8. The van der Waals surface area contributed by atoms with Gasteiger partial charge in [-0.05, 0) is 76.6 Å². The van der Waals surface area contributed by atoms with Gasteiger partial charge < -0.3 is 19.3 Å². The standard InChI is InChI=1S/C8H5Cl3O2.C8H6Cl2N4O2.C8H6Cl2O3/c9-5-1-2-7(6(10)3-5)13-4-8(11)12;9-5-1-2-7(6(10)3-5)16-4-14-8(15)11-12-13-14;9-5-1-2-7(6(10)3-5)13-4-8(11)12/h1-3H,4H2;1-3H,4H2,(H,11,13,15);1-3H,4H2,(H,11,12). The molecular formula is C24H17Cl7N4O7. The lowest BCUT2D eigenvalue weighted by atomic mass is 10.3. The molecule has 0 saturated carbocycles. The van der Waals surface area contributed by atoms with Crippen molar-refractivity contribution < 1.29 is 28.9 Å². The predicted octanol–water partition coefficient (Wildman–Crippen LogP) is 6.90. The number of hydrogen-bond donors (Lipinski definition) is 2. The van der Waals surface area contributed by atoms with Crippen molar-refractivity contribution in [2.75, 3.05) is 13.2 Å². The first-order valence-corrected chi connectivity index (χ1v) is 13.6. The number of rotatable bonds is 9. The third-order valence-electron chi connectivity index (χ3n) is 4.25. The van der Waals surface area contributed by atoms with Gasteiger partial charge in [-0.1, -0.05) is 69.6 Å².